The summed E-state index contributed by atoms with van der Waals surface area (Å²) < 4.78 is 1.78. The van der Waals surface area contributed by atoms with Gasteiger partial charge in [0.15, 0.2) is 0 Å². The quantitative estimate of drug-likeness (QED) is 0.654. The second-order valence-corrected chi connectivity index (χ2v) is 2.83. The number of rotatable bonds is 1. The summed E-state index contributed by atoms with van der Waals surface area (Å²) in [5, 5.41) is 4.25. The third kappa shape index (κ3) is 1.42. The highest BCUT2D eigenvalue weighted by atomic mass is 15.3. The first-order valence-corrected chi connectivity index (χ1v) is 4.08. The van der Waals surface area contributed by atoms with Crippen molar-refractivity contribution in [3.8, 4) is 5.69 Å². The molecule has 13 heavy (non-hydrogen) atoms. The van der Waals surface area contributed by atoms with E-state index in [4.69, 9.17) is 0 Å². The lowest BCUT2D eigenvalue weighted by molar-refractivity contribution is 0.826. The van der Waals surface area contributed by atoms with E-state index in [9.17, 15) is 0 Å². The van der Waals surface area contributed by atoms with Crippen molar-refractivity contribution in [3.05, 3.63) is 36.2 Å². The molecule has 0 aliphatic rings. The average Bonchev–Trinajstić information content (AvgIpc) is 2.47. The van der Waals surface area contributed by atoms with Crippen LogP contribution in [0.3, 0.4) is 0 Å². The summed E-state index contributed by atoms with van der Waals surface area (Å²) in [6.45, 7) is 3.80. The molecule has 66 valence electrons. The lowest BCUT2D eigenvalue weighted by Crippen LogP contribution is -1.99. The minimum absolute atomic E-state index is 0.779. The summed E-state index contributed by atoms with van der Waals surface area (Å²) in [5.74, 6) is 1.66. The molecule has 0 saturated heterocycles. The topological polar surface area (TPSA) is 43.6 Å². The summed E-state index contributed by atoms with van der Waals surface area (Å²) in [5.41, 5.74) is 0.945. The smallest absolute Gasteiger partial charge is 0.148 e. The summed E-state index contributed by atoms with van der Waals surface area (Å²) >= 11 is 0. The molecule has 0 aromatic carbocycles. The minimum Gasteiger partial charge on any atom is -0.262 e. The van der Waals surface area contributed by atoms with Crippen molar-refractivity contribution in [3.63, 3.8) is 0 Å². The van der Waals surface area contributed by atoms with Crippen molar-refractivity contribution >= 4 is 0 Å². The van der Waals surface area contributed by atoms with E-state index in [0.29, 0.717) is 0 Å². The van der Waals surface area contributed by atoms with Crippen molar-refractivity contribution in [1.29, 1.82) is 0 Å². The lowest BCUT2D eigenvalue weighted by Gasteiger charge is -1.99. The van der Waals surface area contributed by atoms with Gasteiger partial charge in [-0.05, 0) is 26.0 Å². The highest BCUT2D eigenvalue weighted by molar-refractivity contribution is 5.27. The summed E-state index contributed by atoms with van der Waals surface area (Å²) in [4.78, 5) is 8.23. The van der Waals surface area contributed by atoms with Crippen LogP contribution in [0.5, 0.6) is 0 Å². The Morgan fingerprint density at radius 1 is 1.31 bits per heavy atom. The Labute approximate surface area is 76.3 Å². The molecule has 4 heteroatoms. The summed E-state index contributed by atoms with van der Waals surface area (Å²) in [7, 11) is 0. The second-order valence-electron chi connectivity index (χ2n) is 2.83. The van der Waals surface area contributed by atoms with Crippen LogP contribution in [-0.4, -0.2) is 19.7 Å². The zero-order valence-electron chi connectivity index (χ0n) is 7.60. The van der Waals surface area contributed by atoms with Crippen LogP contribution in [0.4, 0.5) is 0 Å². The molecule has 4 nitrogen and oxygen atoms in total. The van der Waals surface area contributed by atoms with E-state index < -0.39 is 0 Å². The highest BCUT2D eigenvalue weighted by Crippen LogP contribution is 2.06. The van der Waals surface area contributed by atoms with E-state index in [-0.39, 0.29) is 0 Å². The molecular weight excluding hydrogens is 164 g/mol. The Kier molecular flexibility index (Phi) is 1.81. The Morgan fingerprint density at radius 2 is 2.15 bits per heavy atom. The van der Waals surface area contributed by atoms with Gasteiger partial charge in [-0.3, -0.25) is 4.98 Å². The van der Waals surface area contributed by atoms with Gasteiger partial charge < -0.3 is 0 Å². The first-order chi connectivity index (χ1) is 6.27. The van der Waals surface area contributed by atoms with Crippen molar-refractivity contribution in [1.82, 2.24) is 19.7 Å². The number of hydrogen-bond donors (Lipinski definition) is 0. The molecule has 0 unspecified atom stereocenters. The fourth-order valence-electron chi connectivity index (χ4n) is 1.24. The van der Waals surface area contributed by atoms with Gasteiger partial charge in [-0.15, -0.1) is 0 Å². The third-order valence-corrected chi connectivity index (χ3v) is 1.77. The van der Waals surface area contributed by atoms with E-state index in [1.807, 2.05) is 26.0 Å². The number of hydrogen-bond acceptors (Lipinski definition) is 3. The van der Waals surface area contributed by atoms with Crippen LogP contribution in [0.15, 0.2) is 24.5 Å². The Balaban J connectivity index is 2.53. The van der Waals surface area contributed by atoms with Gasteiger partial charge in [0.2, 0.25) is 0 Å². The Bertz CT molecular complexity index is 405. The zero-order chi connectivity index (χ0) is 9.26. The minimum atomic E-state index is 0.779. The van der Waals surface area contributed by atoms with Crippen molar-refractivity contribution in [2.45, 2.75) is 13.8 Å². The predicted molar refractivity (Wildman–Crippen MR) is 48.6 cm³/mol. The molecule has 0 bridgehead atoms. The zero-order valence-corrected chi connectivity index (χ0v) is 7.60. The largest absolute Gasteiger partial charge is 0.262 e. The maximum atomic E-state index is 4.25. The van der Waals surface area contributed by atoms with Crippen LogP contribution in [0, 0.1) is 13.8 Å². The normalized spacial score (nSPS) is 10.3. The van der Waals surface area contributed by atoms with Gasteiger partial charge in [0.1, 0.15) is 11.6 Å². The van der Waals surface area contributed by atoms with Gasteiger partial charge >= 0.3 is 0 Å². The molecule has 0 spiro atoms. The van der Waals surface area contributed by atoms with E-state index in [1.165, 1.54) is 0 Å². The molecule has 0 saturated carbocycles. The number of nitrogens with zero attached hydrogens (tertiary/aromatic N) is 4. The molecule has 0 fully saturated rings. The van der Waals surface area contributed by atoms with Crippen LogP contribution in [0.2, 0.25) is 0 Å². The van der Waals surface area contributed by atoms with Crippen molar-refractivity contribution in [2.24, 2.45) is 0 Å². The number of aromatic nitrogens is 4. The van der Waals surface area contributed by atoms with Crippen LogP contribution < -0.4 is 0 Å². The fraction of sp³-hybridized carbons (Fsp3) is 0.222. The van der Waals surface area contributed by atoms with Crippen LogP contribution in [0.1, 0.15) is 11.6 Å². The molecule has 0 aliphatic carbocycles. The van der Waals surface area contributed by atoms with Crippen molar-refractivity contribution in [2.75, 3.05) is 0 Å². The Morgan fingerprint density at radius 3 is 2.69 bits per heavy atom. The second kappa shape index (κ2) is 2.97. The van der Waals surface area contributed by atoms with Gasteiger partial charge in [-0.25, -0.2) is 9.67 Å². The van der Waals surface area contributed by atoms with E-state index in [0.717, 1.165) is 17.3 Å². The molecule has 0 radical (unpaired) electrons. The monoisotopic (exact) mass is 174 g/mol. The molecule has 2 heterocycles. The molecule has 2 aromatic heterocycles. The van der Waals surface area contributed by atoms with Gasteiger partial charge in [-0.2, -0.15) is 5.10 Å². The van der Waals surface area contributed by atoms with Crippen LogP contribution >= 0.6 is 0 Å². The SMILES string of the molecule is Cc1nc(C)n(-c2cccnc2)n1. The molecule has 0 aliphatic heterocycles. The molecule has 0 N–H and O–H groups in total. The van der Waals surface area contributed by atoms with Crippen LogP contribution in [-0.2, 0) is 0 Å². The van der Waals surface area contributed by atoms with Crippen molar-refractivity contribution < 1.29 is 0 Å². The van der Waals surface area contributed by atoms with E-state index in [1.54, 1.807) is 17.1 Å². The van der Waals surface area contributed by atoms with Gasteiger partial charge in [0, 0.05) is 6.20 Å². The van der Waals surface area contributed by atoms with E-state index in [2.05, 4.69) is 15.1 Å². The Hall–Kier alpha value is -1.71. The maximum Gasteiger partial charge on any atom is 0.148 e. The molecule has 2 rings (SSSR count). The first kappa shape index (κ1) is 7.91. The van der Waals surface area contributed by atoms with Gasteiger partial charge in [0.25, 0.3) is 0 Å². The molecular formula is C9H10N4. The molecule has 0 atom stereocenters. The highest BCUT2D eigenvalue weighted by Gasteiger charge is 2.03. The summed E-state index contributed by atoms with van der Waals surface area (Å²) in [6, 6.07) is 3.83. The van der Waals surface area contributed by atoms with Gasteiger partial charge in [-0.1, -0.05) is 0 Å². The maximum absolute atomic E-state index is 4.25. The molecule has 0 amide bonds. The number of aryl methyl sites for hydroxylation is 2. The van der Waals surface area contributed by atoms with E-state index >= 15 is 0 Å². The predicted octanol–water partition coefficient (Wildman–Crippen LogP) is 1.28. The standard InChI is InChI=1S/C9H10N4/c1-7-11-8(2)13(12-7)9-4-3-5-10-6-9/h3-6H,1-2H3. The summed E-state index contributed by atoms with van der Waals surface area (Å²) in [6.07, 6.45) is 3.50. The number of pyridine rings is 1. The van der Waals surface area contributed by atoms with Gasteiger partial charge in [0.05, 0.1) is 11.9 Å². The first-order valence-electron chi connectivity index (χ1n) is 4.08. The van der Waals surface area contributed by atoms with Crippen LogP contribution in [0.25, 0.3) is 5.69 Å². The lowest BCUT2D eigenvalue weighted by atomic mass is 10.4. The molecule has 2 aromatic rings. The fourth-order valence-corrected chi connectivity index (χ4v) is 1.24. The average molecular weight is 174 g/mol. The third-order valence-electron chi connectivity index (χ3n) is 1.77.